The van der Waals surface area contributed by atoms with Gasteiger partial charge < -0.3 is 5.73 Å². The summed E-state index contributed by atoms with van der Waals surface area (Å²) in [6.07, 6.45) is 0.862. The fraction of sp³-hybridized carbons (Fsp3) is 0.333. The van der Waals surface area contributed by atoms with Gasteiger partial charge in [0.2, 0.25) is 10.0 Å². The summed E-state index contributed by atoms with van der Waals surface area (Å²) in [5.41, 5.74) is 6.35. The van der Waals surface area contributed by atoms with E-state index in [9.17, 15) is 16.8 Å². The minimum absolute atomic E-state index is 0.164. The molecule has 0 bridgehead atoms. The van der Waals surface area contributed by atoms with Gasteiger partial charge in [0.1, 0.15) is 0 Å². The SMILES string of the molecule is CS(=O)(=O)CS(=O)(=O)Nc1ccccc1CN. The Morgan fingerprint density at radius 1 is 1.18 bits per heavy atom. The number of hydrogen-bond acceptors (Lipinski definition) is 5. The van der Waals surface area contributed by atoms with E-state index in [2.05, 4.69) is 4.72 Å². The molecule has 0 aliphatic heterocycles. The molecule has 0 aromatic heterocycles. The lowest BCUT2D eigenvalue weighted by Crippen LogP contribution is -2.23. The molecule has 96 valence electrons. The normalized spacial score (nSPS) is 12.4. The molecule has 0 saturated heterocycles. The highest BCUT2D eigenvalue weighted by Gasteiger charge is 2.18. The van der Waals surface area contributed by atoms with Crippen molar-refractivity contribution in [2.24, 2.45) is 5.73 Å². The fourth-order valence-corrected chi connectivity index (χ4v) is 4.30. The van der Waals surface area contributed by atoms with Gasteiger partial charge in [0.25, 0.3) is 0 Å². The molecule has 0 fully saturated rings. The van der Waals surface area contributed by atoms with Crippen LogP contribution in [0.4, 0.5) is 5.69 Å². The van der Waals surface area contributed by atoms with E-state index in [1.165, 1.54) is 6.07 Å². The van der Waals surface area contributed by atoms with Crippen LogP contribution in [-0.2, 0) is 26.4 Å². The van der Waals surface area contributed by atoms with Crippen molar-refractivity contribution < 1.29 is 16.8 Å². The van der Waals surface area contributed by atoms with E-state index >= 15 is 0 Å². The van der Waals surface area contributed by atoms with Gasteiger partial charge in [-0.25, -0.2) is 16.8 Å². The van der Waals surface area contributed by atoms with Crippen molar-refractivity contribution in [2.45, 2.75) is 6.54 Å². The summed E-state index contributed by atoms with van der Waals surface area (Å²) in [5, 5.41) is -0.946. The molecule has 6 nitrogen and oxygen atoms in total. The van der Waals surface area contributed by atoms with E-state index in [0.717, 1.165) is 6.26 Å². The van der Waals surface area contributed by atoms with Gasteiger partial charge in [-0.15, -0.1) is 0 Å². The third kappa shape index (κ3) is 4.72. The molecule has 0 unspecified atom stereocenters. The van der Waals surface area contributed by atoms with Crippen molar-refractivity contribution in [3.8, 4) is 0 Å². The summed E-state index contributed by atoms with van der Waals surface area (Å²) >= 11 is 0. The second kappa shape index (κ2) is 5.03. The second-order valence-electron chi connectivity index (χ2n) is 3.62. The second-order valence-corrected chi connectivity index (χ2v) is 7.85. The first-order valence-electron chi connectivity index (χ1n) is 4.70. The summed E-state index contributed by atoms with van der Waals surface area (Å²) in [6.45, 7) is 0.164. The quantitative estimate of drug-likeness (QED) is 0.781. The van der Waals surface area contributed by atoms with Gasteiger partial charge in [-0.1, -0.05) is 18.2 Å². The summed E-state index contributed by atoms with van der Waals surface area (Å²) in [5.74, 6) is 0. The molecule has 1 rings (SSSR count). The standard InChI is InChI=1S/C9H14N2O4S2/c1-16(12,13)7-17(14,15)11-9-5-3-2-4-8(9)6-10/h2-5,11H,6-7,10H2,1H3. The zero-order valence-electron chi connectivity index (χ0n) is 9.25. The molecule has 0 radical (unpaired) electrons. The first kappa shape index (κ1) is 13.9. The van der Waals surface area contributed by atoms with Gasteiger partial charge in [0.05, 0.1) is 5.69 Å². The Morgan fingerprint density at radius 2 is 1.76 bits per heavy atom. The van der Waals surface area contributed by atoms with Crippen molar-refractivity contribution in [3.63, 3.8) is 0 Å². The van der Waals surface area contributed by atoms with Crippen LogP contribution >= 0.6 is 0 Å². The first-order valence-corrected chi connectivity index (χ1v) is 8.41. The van der Waals surface area contributed by atoms with Crippen LogP contribution in [0, 0.1) is 0 Å². The third-order valence-corrected chi connectivity index (χ3v) is 5.36. The Hall–Kier alpha value is -1.12. The molecule has 1 aromatic carbocycles. The molecule has 0 heterocycles. The van der Waals surface area contributed by atoms with Crippen LogP contribution in [0.15, 0.2) is 24.3 Å². The Labute approximate surface area is 101 Å². The number of nitrogens with one attached hydrogen (secondary N) is 1. The van der Waals surface area contributed by atoms with Gasteiger partial charge in [0, 0.05) is 12.8 Å². The Morgan fingerprint density at radius 3 is 2.29 bits per heavy atom. The highest BCUT2D eigenvalue weighted by Crippen LogP contribution is 2.16. The van der Waals surface area contributed by atoms with Crippen LogP contribution in [0.2, 0.25) is 0 Å². The molecule has 0 spiro atoms. The number of nitrogens with two attached hydrogens (primary N) is 1. The number of anilines is 1. The van der Waals surface area contributed by atoms with Crippen molar-refractivity contribution in [1.82, 2.24) is 0 Å². The van der Waals surface area contributed by atoms with E-state index in [1.54, 1.807) is 18.2 Å². The summed E-state index contributed by atoms with van der Waals surface area (Å²) in [6, 6.07) is 6.55. The van der Waals surface area contributed by atoms with Crippen molar-refractivity contribution >= 4 is 25.5 Å². The minimum atomic E-state index is -3.92. The molecule has 0 atom stereocenters. The lowest BCUT2D eigenvalue weighted by molar-refractivity contribution is 0.595. The topological polar surface area (TPSA) is 106 Å². The number of sulfonamides is 1. The van der Waals surface area contributed by atoms with Gasteiger partial charge >= 0.3 is 0 Å². The molecular weight excluding hydrogens is 264 g/mol. The maximum Gasteiger partial charge on any atom is 0.247 e. The maximum absolute atomic E-state index is 11.6. The fourth-order valence-electron chi connectivity index (χ4n) is 1.28. The maximum atomic E-state index is 11.6. The van der Waals surface area contributed by atoms with Crippen LogP contribution in [0.1, 0.15) is 5.56 Å². The smallest absolute Gasteiger partial charge is 0.247 e. The average molecular weight is 278 g/mol. The van der Waals surface area contributed by atoms with Crippen molar-refractivity contribution in [2.75, 3.05) is 16.1 Å². The number of para-hydroxylation sites is 1. The largest absolute Gasteiger partial charge is 0.326 e. The van der Waals surface area contributed by atoms with E-state index < -0.39 is 24.9 Å². The molecule has 17 heavy (non-hydrogen) atoms. The predicted octanol–water partition coefficient (Wildman–Crippen LogP) is -0.111. The van der Waals surface area contributed by atoms with Gasteiger partial charge in [-0.3, -0.25) is 4.72 Å². The Kier molecular flexibility index (Phi) is 4.12. The van der Waals surface area contributed by atoms with Crippen molar-refractivity contribution in [1.29, 1.82) is 0 Å². The van der Waals surface area contributed by atoms with E-state index in [1.807, 2.05) is 0 Å². The predicted molar refractivity (Wildman–Crippen MR) is 66.6 cm³/mol. The minimum Gasteiger partial charge on any atom is -0.326 e. The number of rotatable bonds is 5. The van der Waals surface area contributed by atoms with Crippen LogP contribution in [0.3, 0.4) is 0 Å². The van der Waals surface area contributed by atoms with E-state index in [-0.39, 0.29) is 6.54 Å². The number of hydrogen-bond donors (Lipinski definition) is 2. The summed E-state index contributed by atoms with van der Waals surface area (Å²) < 4.78 is 47.2. The summed E-state index contributed by atoms with van der Waals surface area (Å²) in [7, 11) is -7.52. The first-order chi connectivity index (χ1) is 7.73. The van der Waals surface area contributed by atoms with E-state index in [0.29, 0.717) is 11.3 Å². The molecule has 0 amide bonds. The molecule has 0 saturated carbocycles. The summed E-state index contributed by atoms with van der Waals surface area (Å²) in [4.78, 5) is 0. The molecule has 8 heteroatoms. The molecule has 0 aliphatic rings. The number of sulfone groups is 1. The highest BCUT2D eigenvalue weighted by atomic mass is 32.3. The monoisotopic (exact) mass is 278 g/mol. The van der Waals surface area contributed by atoms with Gasteiger partial charge in [-0.05, 0) is 11.6 Å². The third-order valence-electron chi connectivity index (χ3n) is 1.87. The average Bonchev–Trinajstić information content (AvgIpc) is 2.14. The van der Waals surface area contributed by atoms with Crippen LogP contribution in [0.25, 0.3) is 0 Å². The highest BCUT2D eigenvalue weighted by molar-refractivity contribution is 8.08. The molecule has 1 aromatic rings. The zero-order chi connectivity index (χ0) is 13.1. The Bertz CT molecular complexity index is 593. The van der Waals surface area contributed by atoms with Crippen molar-refractivity contribution in [3.05, 3.63) is 29.8 Å². The molecule has 3 N–H and O–H groups in total. The van der Waals surface area contributed by atoms with Gasteiger partial charge in [-0.2, -0.15) is 0 Å². The van der Waals surface area contributed by atoms with Gasteiger partial charge in [0.15, 0.2) is 14.9 Å². The zero-order valence-corrected chi connectivity index (χ0v) is 10.9. The molecule has 0 aliphatic carbocycles. The lowest BCUT2D eigenvalue weighted by Gasteiger charge is -2.10. The molecular formula is C9H14N2O4S2. The van der Waals surface area contributed by atoms with Crippen LogP contribution < -0.4 is 10.5 Å². The van der Waals surface area contributed by atoms with Crippen LogP contribution in [0.5, 0.6) is 0 Å². The van der Waals surface area contributed by atoms with Crippen LogP contribution in [-0.4, -0.2) is 28.2 Å². The lowest BCUT2D eigenvalue weighted by atomic mass is 10.2. The van der Waals surface area contributed by atoms with E-state index in [4.69, 9.17) is 5.73 Å². The number of benzene rings is 1. The Balaban J connectivity index is 2.98.